The summed E-state index contributed by atoms with van der Waals surface area (Å²) >= 11 is 6.00. The predicted molar refractivity (Wildman–Crippen MR) is 77.7 cm³/mol. The summed E-state index contributed by atoms with van der Waals surface area (Å²) in [4.78, 5) is 0. The fourth-order valence-electron chi connectivity index (χ4n) is 1.99. The molecule has 110 valence electrons. The number of rotatable bonds is 5. The van der Waals surface area contributed by atoms with Gasteiger partial charge >= 0.3 is 0 Å². The Morgan fingerprint density at radius 1 is 1.10 bits per heavy atom. The third-order valence-corrected chi connectivity index (χ3v) is 3.54. The largest absolute Gasteiger partial charge is 0.457 e. The summed E-state index contributed by atoms with van der Waals surface area (Å²) in [5.41, 5.74) is 0.888. The van der Waals surface area contributed by atoms with Gasteiger partial charge in [-0.3, -0.25) is 0 Å². The predicted octanol–water partition coefficient (Wildman–Crippen LogP) is 4.66. The van der Waals surface area contributed by atoms with Crippen molar-refractivity contribution in [3.8, 4) is 11.5 Å². The molecule has 0 aromatic heterocycles. The molecule has 0 saturated heterocycles. The van der Waals surface area contributed by atoms with Crippen molar-refractivity contribution in [2.75, 3.05) is 0 Å². The van der Waals surface area contributed by atoms with Gasteiger partial charge < -0.3 is 10.1 Å². The molecule has 21 heavy (non-hydrogen) atoms. The van der Waals surface area contributed by atoms with E-state index in [-0.39, 0.29) is 5.75 Å². The molecule has 1 aliphatic carbocycles. The Morgan fingerprint density at radius 3 is 2.62 bits per heavy atom. The third kappa shape index (κ3) is 3.71. The zero-order valence-electron chi connectivity index (χ0n) is 11.2. The highest BCUT2D eigenvalue weighted by Gasteiger charge is 2.20. The number of halogens is 3. The first-order chi connectivity index (χ1) is 10.1. The molecule has 1 aliphatic rings. The Bertz CT molecular complexity index is 659. The lowest BCUT2D eigenvalue weighted by atomic mass is 10.2. The van der Waals surface area contributed by atoms with E-state index in [1.807, 2.05) is 6.07 Å². The second-order valence-electron chi connectivity index (χ2n) is 5.09. The fraction of sp³-hybridized carbons (Fsp3) is 0.250. The maximum absolute atomic E-state index is 13.2. The first kappa shape index (κ1) is 14.3. The molecule has 2 aromatic carbocycles. The van der Waals surface area contributed by atoms with Gasteiger partial charge in [-0.1, -0.05) is 11.6 Å². The highest BCUT2D eigenvalue weighted by atomic mass is 35.5. The molecule has 0 bridgehead atoms. The molecule has 0 aliphatic heterocycles. The second kappa shape index (κ2) is 6.00. The smallest absolute Gasteiger partial charge is 0.162 e. The van der Waals surface area contributed by atoms with E-state index in [1.54, 1.807) is 12.1 Å². The molecule has 2 nitrogen and oxygen atoms in total. The highest BCUT2D eigenvalue weighted by Crippen LogP contribution is 2.29. The summed E-state index contributed by atoms with van der Waals surface area (Å²) < 4.78 is 31.8. The van der Waals surface area contributed by atoms with E-state index in [4.69, 9.17) is 16.3 Å². The molecule has 0 heterocycles. The molecule has 1 saturated carbocycles. The number of nitrogens with one attached hydrogen (secondary N) is 1. The van der Waals surface area contributed by atoms with Gasteiger partial charge in [0.15, 0.2) is 11.6 Å². The number of hydrogen-bond acceptors (Lipinski definition) is 2. The van der Waals surface area contributed by atoms with Gasteiger partial charge in [-0.15, -0.1) is 0 Å². The van der Waals surface area contributed by atoms with Crippen molar-refractivity contribution in [1.82, 2.24) is 5.32 Å². The molecule has 0 amide bonds. The first-order valence-electron chi connectivity index (χ1n) is 6.76. The van der Waals surface area contributed by atoms with Gasteiger partial charge in [0, 0.05) is 29.2 Å². The van der Waals surface area contributed by atoms with Crippen LogP contribution in [-0.2, 0) is 6.54 Å². The van der Waals surface area contributed by atoms with Gasteiger partial charge in [0.05, 0.1) is 0 Å². The van der Waals surface area contributed by atoms with Crippen LogP contribution in [0, 0.1) is 11.6 Å². The van der Waals surface area contributed by atoms with Crippen LogP contribution in [-0.4, -0.2) is 6.04 Å². The van der Waals surface area contributed by atoms with Crippen molar-refractivity contribution in [3.05, 3.63) is 58.6 Å². The van der Waals surface area contributed by atoms with Crippen LogP contribution in [0.15, 0.2) is 36.4 Å². The van der Waals surface area contributed by atoms with Gasteiger partial charge in [0.25, 0.3) is 0 Å². The zero-order valence-corrected chi connectivity index (χ0v) is 12.0. The van der Waals surface area contributed by atoms with E-state index in [9.17, 15) is 8.78 Å². The van der Waals surface area contributed by atoms with Gasteiger partial charge in [-0.2, -0.15) is 0 Å². The van der Waals surface area contributed by atoms with E-state index in [1.165, 1.54) is 18.9 Å². The van der Waals surface area contributed by atoms with Gasteiger partial charge in [-0.05, 0) is 43.2 Å². The molecule has 0 unspecified atom stereocenters. The minimum atomic E-state index is -0.931. The summed E-state index contributed by atoms with van der Waals surface area (Å²) in [6.07, 6.45) is 2.36. The molecular formula is C16H14ClF2NO. The van der Waals surface area contributed by atoms with E-state index in [0.717, 1.165) is 17.7 Å². The molecule has 5 heteroatoms. The van der Waals surface area contributed by atoms with Crippen LogP contribution in [0.25, 0.3) is 0 Å². The van der Waals surface area contributed by atoms with Crippen LogP contribution in [0.2, 0.25) is 5.02 Å². The maximum atomic E-state index is 13.2. The first-order valence-corrected chi connectivity index (χ1v) is 7.14. The molecule has 2 aromatic rings. The average Bonchev–Trinajstić information content (AvgIpc) is 3.27. The molecular weight excluding hydrogens is 296 g/mol. The molecule has 0 radical (unpaired) electrons. The average molecular weight is 310 g/mol. The molecule has 0 atom stereocenters. The second-order valence-corrected chi connectivity index (χ2v) is 5.52. The van der Waals surface area contributed by atoms with E-state index in [0.29, 0.717) is 23.4 Å². The Kier molecular flexibility index (Phi) is 4.08. The number of ether oxygens (including phenoxy) is 1. The molecule has 1 fully saturated rings. The van der Waals surface area contributed by atoms with Crippen LogP contribution in [0.3, 0.4) is 0 Å². The van der Waals surface area contributed by atoms with Gasteiger partial charge in [0.1, 0.15) is 11.5 Å². The minimum absolute atomic E-state index is 0.254. The quantitative estimate of drug-likeness (QED) is 0.867. The third-order valence-electron chi connectivity index (χ3n) is 3.30. The van der Waals surface area contributed by atoms with Gasteiger partial charge in [0.2, 0.25) is 0 Å². The van der Waals surface area contributed by atoms with Crippen LogP contribution in [0.1, 0.15) is 18.4 Å². The van der Waals surface area contributed by atoms with Crippen LogP contribution < -0.4 is 10.1 Å². The summed E-state index contributed by atoms with van der Waals surface area (Å²) in [5.74, 6) is -0.990. The SMILES string of the molecule is Fc1ccc(Oc2ccc(Cl)cc2CNC2CC2)cc1F. The van der Waals surface area contributed by atoms with Crippen LogP contribution in [0.4, 0.5) is 8.78 Å². The summed E-state index contributed by atoms with van der Waals surface area (Å²) in [6.45, 7) is 0.629. The normalized spacial score (nSPS) is 14.2. The zero-order chi connectivity index (χ0) is 14.8. The van der Waals surface area contributed by atoms with Crippen molar-refractivity contribution < 1.29 is 13.5 Å². The van der Waals surface area contributed by atoms with E-state index < -0.39 is 11.6 Å². The maximum Gasteiger partial charge on any atom is 0.162 e. The van der Waals surface area contributed by atoms with Crippen molar-refractivity contribution in [3.63, 3.8) is 0 Å². The standard InChI is InChI=1S/C16H14ClF2NO/c17-11-1-6-16(10(7-11)9-20-12-2-3-12)21-13-4-5-14(18)15(19)8-13/h1,4-8,12,20H,2-3,9H2. The molecule has 0 spiro atoms. The molecule has 3 rings (SSSR count). The van der Waals surface area contributed by atoms with Crippen molar-refractivity contribution >= 4 is 11.6 Å². The number of hydrogen-bond donors (Lipinski definition) is 1. The van der Waals surface area contributed by atoms with Crippen molar-refractivity contribution in [2.45, 2.75) is 25.4 Å². The Hall–Kier alpha value is -1.65. The van der Waals surface area contributed by atoms with Crippen LogP contribution in [0.5, 0.6) is 11.5 Å². The van der Waals surface area contributed by atoms with E-state index >= 15 is 0 Å². The van der Waals surface area contributed by atoms with Crippen LogP contribution >= 0.6 is 11.6 Å². The van der Waals surface area contributed by atoms with Crippen molar-refractivity contribution in [1.29, 1.82) is 0 Å². The van der Waals surface area contributed by atoms with Crippen molar-refractivity contribution in [2.24, 2.45) is 0 Å². The minimum Gasteiger partial charge on any atom is -0.457 e. The fourth-order valence-corrected chi connectivity index (χ4v) is 2.19. The molecule has 1 N–H and O–H groups in total. The summed E-state index contributed by atoms with van der Waals surface area (Å²) in [7, 11) is 0. The monoisotopic (exact) mass is 309 g/mol. The number of benzene rings is 2. The van der Waals surface area contributed by atoms with Gasteiger partial charge in [-0.25, -0.2) is 8.78 Å². The lowest BCUT2D eigenvalue weighted by Crippen LogP contribution is -2.15. The lowest BCUT2D eigenvalue weighted by molar-refractivity contribution is 0.455. The Labute approximate surface area is 126 Å². The topological polar surface area (TPSA) is 21.3 Å². The highest BCUT2D eigenvalue weighted by molar-refractivity contribution is 6.30. The van der Waals surface area contributed by atoms with E-state index in [2.05, 4.69) is 5.32 Å². The summed E-state index contributed by atoms with van der Waals surface area (Å²) in [5, 5.41) is 3.99. The Morgan fingerprint density at radius 2 is 1.90 bits per heavy atom. The Balaban J connectivity index is 1.80. The lowest BCUT2D eigenvalue weighted by Gasteiger charge is -2.12. The summed E-state index contributed by atoms with van der Waals surface area (Å²) in [6, 6.07) is 9.27.